The van der Waals surface area contributed by atoms with Crippen LogP contribution in [0, 0.1) is 11.8 Å². The van der Waals surface area contributed by atoms with Crippen molar-refractivity contribution in [3.8, 4) is 34.5 Å². The van der Waals surface area contributed by atoms with Gasteiger partial charge in [-0.05, 0) is 77.8 Å². The summed E-state index contributed by atoms with van der Waals surface area (Å²) < 4.78 is 22.5. The molecule has 0 saturated heterocycles. The smallest absolute Gasteiger partial charge is 0.200 e. The molecule has 3 rings (SSSR count). The molecule has 9 nitrogen and oxygen atoms in total. The SMILES string of the molecule is CCC(Cc1cc(OC)c(O)c(OC)c1)C(CO)Cc1ccc(OC(CO)C(C)c2ccc(O)c(CO)c2)c(OC)c1. The standard InChI is InChI=1S/C33H44O9/c1-6-23(12-22-14-30(40-4)33(38)31(15-22)41-5)25(17-34)11-21-7-10-28(29(13-21)39-3)42-32(19-36)20(2)24-8-9-27(37)26(16-24)18-35/h7-10,13-16,20,23,25,32,34-38H,6,11-12,17-19H2,1-5H3. The van der Waals surface area contributed by atoms with Gasteiger partial charge in [-0.25, -0.2) is 0 Å². The van der Waals surface area contributed by atoms with Crippen LogP contribution in [0.1, 0.15) is 48.4 Å². The quantitative estimate of drug-likeness (QED) is 0.164. The number of ether oxygens (including phenoxy) is 4. The van der Waals surface area contributed by atoms with Crippen LogP contribution in [-0.4, -0.2) is 66.2 Å². The van der Waals surface area contributed by atoms with Crippen LogP contribution in [-0.2, 0) is 19.4 Å². The van der Waals surface area contributed by atoms with Gasteiger partial charge in [-0.1, -0.05) is 32.4 Å². The summed E-state index contributed by atoms with van der Waals surface area (Å²) >= 11 is 0. The number of rotatable bonds is 16. The van der Waals surface area contributed by atoms with E-state index < -0.39 is 6.10 Å². The van der Waals surface area contributed by atoms with E-state index in [1.165, 1.54) is 20.3 Å². The Morgan fingerprint density at radius 3 is 1.86 bits per heavy atom. The van der Waals surface area contributed by atoms with Crippen molar-refractivity contribution in [2.45, 2.75) is 51.7 Å². The molecule has 0 radical (unpaired) electrons. The van der Waals surface area contributed by atoms with E-state index >= 15 is 0 Å². The zero-order chi connectivity index (χ0) is 30.8. The van der Waals surface area contributed by atoms with E-state index in [2.05, 4.69) is 6.92 Å². The fraction of sp³-hybridized carbons (Fsp3) is 0.455. The third-order valence-electron chi connectivity index (χ3n) is 8.00. The number of aliphatic hydroxyl groups excluding tert-OH is 3. The van der Waals surface area contributed by atoms with E-state index in [4.69, 9.17) is 18.9 Å². The molecular formula is C33H44O9. The molecule has 230 valence electrons. The summed E-state index contributed by atoms with van der Waals surface area (Å²) in [6.45, 7) is 3.45. The van der Waals surface area contributed by atoms with Crippen molar-refractivity contribution in [1.29, 1.82) is 0 Å². The van der Waals surface area contributed by atoms with Gasteiger partial charge in [-0.2, -0.15) is 0 Å². The van der Waals surface area contributed by atoms with Crippen LogP contribution in [0.4, 0.5) is 0 Å². The van der Waals surface area contributed by atoms with Gasteiger partial charge in [0.25, 0.3) is 0 Å². The lowest BCUT2D eigenvalue weighted by Gasteiger charge is -2.27. The molecule has 42 heavy (non-hydrogen) atoms. The van der Waals surface area contributed by atoms with Crippen LogP contribution in [0.15, 0.2) is 48.5 Å². The molecule has 0 spiro atoms. The first-order valence-corrected chi connectivity index (χ1v) is 14.1. The van der Waals surface area contributed by atoms with Gasteiger partial charge >= 0.3 is 0 Å². The molecule has 3 aromatic carbocycles. The third kappa shape index (κ3) is 7.79. The second-order valence-corrected chi connectivity index (χ2v) is 10.5. The summed E-state index contributed by atoms with van der Waals surface area (Å²) in [5.74, 6) is 1.50. The largest absolute Gasteiger partial charge is 0.508 e. The number of hydrogen-bond donors (Lipinski definition) is 5. The summed E-state index contributed by atoms with van der Waals surface area (Å²) in [5, 5.41) is 50.2. The average molecular weight is 585 g/mol. The van der Waals surface area contributed by atoms with E-state index in [0.29, 0.717) is 41.4 Å². The number of aliphatic hydroxyl groups is 3. The van der Waals surface area contributed by atoms with Crippen molar-refractivity contribution in [1.82, 2.24) is 0 Å². The molecule has 0 aliphatic heterocycles. The maximum atomic E-state index is 10.4. The van der Waals surface area contributed by atoms with E-state index in [0.717, 1.165) is 23.1 Å². The maximum Gasteiger partial charge on any atom is 0.200 e. The zero-order valence-corrected chi connectivity index (χ0v) is 25.0. The Hall–Kier alpha value is -3.66. The van der Waals surface area contributed by atoms with Crippen LogP contribution < -0.4 is 18.9 Å². The highest BCUT2D eigenvalue weighted by atomic mass is 16.5. The molecule has 3 aromatic rings. The van der Waals surface area contributed by atoms with E-state index in [1.54, 1.807) is 31.4 Å². The van der Waals surface area contributed by atoms with E-state index in [1.807, 2.05) is 25.1 Å². The van der Waals surface area contributed by atoms with E-state index in [9.17, 15) is 25.5 Å². The summed E-state index contributed by atoms with van der Waals surface area (Å²) in [6, 6.07) is 14.2. The van der Waals surface area contributed by atoms with Crippen molar-refractivity contribution in [2.24, 2.45) is 11.8 Å². The molecule has 9 heteroatoms. The van der Waals surface area contributed by atoms with Crippen molar-refractivity contribution >= 4 is 0 Å². The van der Waals surface area contributed by atoms with Crippen molar-refractivity contribution < 1.29 is 44.5 Å². The van der Waals surface area contributed by atoms with Crippen LogP contribution in [0.3, 0.4) is 0 Å². The molecule has 4 atom stereocenters. The number of methoxy groups -OCH3 is 3. The first kappa shape index (κ1) is 32.8. The molecule has 0 amide bonds. The molecule has 4 unspecified atom stereocenters. The van der Waals surface area contributed by atoms with Crippen LogP contribution >= 0.6 is 0 Å². The van der Waals surface area contributed by atoms with Gasteiger partial charge in [0.2, 0.25) is 5.75 Å². The van der Waals surface area contributed by atoms with Gasteiger partial charge in [0.15, 0.2) is 23.0 Å². The minimum atomic E-state index is -0.602. The molecule has 0 bridgehead atoms. The molecule has 0 fully saturated rings. The summed E-state index contributed by atoms with van der Waals surface area (Å²) in [4.78, 5) is 0. The topological polar surface area (TPSA) is 138 Å². The maximum absolute atomic E-state index is 10.4. The van der Waals surface area contributed by atoms with Crippen LogP contribution in [0.5, 0.6) is 34.5 Å². The molecule has 0 aliphatic carbocycles. The van der Waals surface area contributed by atoms with Crippen molar-refractivity contribution in [2.75, 3.05) is 34.5 Å². The first-order chi connectivity index (χ1) is 20.2. The average Bonchev–Trinajstić information content (AvgIpc) is 3.02. The van der Waals surface area contributed by atoms with Crippen molar-refractivity contribution in [3.63, 3.8) is 0 Å². The van der Waals surface area contributed by atoms with Gasteiger partial charge < -0.3 is 44.5 Å². The Morgan fingerprint density at radius 1 is 0.690 bits per heavy atom. The Labute approximate surface area is 247 Å². The lowest BCUT2D eigenvalue weighted by Crippen LogP contribution is -2.28. The lowest BCUT2D eigenvalue weighted by molar-refractivity contribution is 0.0945. The van der Waals surface area contributed by atoms with Crippen LogP contribution in [0.2, 0.25) is 0 Å². The fourth-order valence-electron chi connectivity index (χ4n) is 5.32. The Kier molecular flexibility index (Phi) is 12.2. The van der Waals surface area contributed by atoms with Crippen molar-refractivity contribution in [3.05, 3.63) is 70.8 Å². The summed E-state index contributed by atoms with van der Waals surface area (Å²) in [6.07, 6.45) is 1.50. The fourth-order valence-corrected chi connectivity index (χ4v) is 5.32. The second kappa shape index (κ2) is 15.5. The molecule has 5 N–H and O–H groups in total. The molecule has 0 heterocycles. The Balaban J connectivity index is 1.78. The normalized spacial score (nSPS) is 14.1. The highest BCUT2D eigenvalue weighted by molar-refractivity contribution is 5.53. The predicted molar refractivity (Wildman–Crippen MR) is 160 cm³/mol. The summed E-state index contributed by atoms with van der Waals surface area (Å²) in [5.41, 5.74) is 3.13. The monoisotopic (exact) mass is 584 g/mol. The number of phenols is 2. The highest BCUT2D eigenvalue weighted by Gasteiger charge is 2.25. The number of aromatic hydroxyl groups is 2. The lowest BCUT2D eigenvalue weighted by atomic mass is 9.81. The van der Waals surface area contributed by atoms with Gasteiger partial charge in [-0.3, -0.25) is 0 Å². The molecular weight excluding hydrogens is 540 g/mol. The van der Waals surface area contributed by atoms with E-state index in [-0.39, 0.29) is 49.1 Å². The van der Waals surface area contributed by atoms with Gasteiger partial charge in [0, 0.05) is 18.1 Å². The first-order valence-electron chi connectivity index (χ1n) is 14.1. The Morgan fingerprint density at radius 2 is 1.31 bits per heavy atom. The minimum Gasteiger partial charge on any atom is -0.508 e. The third-order valence-corrected chi connectivity index (χ3v) is 8.00. The number of hydrogen-bond acceptors (Lipinski definition) is 9. The molecule has 0 aromatic heterocycles. The minimum absolute atomic E-state index is 0.00200. The Bertz CT molecular complexity index is 1270. The van der Waals surface area contributed by atoms with Gasteiger partial charge in [0.05, 0.1) is 34.5 Å². The summed E-state index contributed by atoms with van der Waals surface area (Å²) in [7, 11) is 4.55. The highest BCUT2D eigenvalue weighted by Crippen LogP contribution is 2.39. The molecule has 0 aliphatic rings. The van der Waals surface area contributed by atoms with Gasteiger partial charge in [-0.15, -0.1) is 0 Å². The zero-order valence-electron chi connectivity index (χ0n) is 25.0. The number of benzene rings is 3. The second-order valence-electron chi connectivity index (χ2n) is 10.5. The van der Waals surface area contributed by atoms with Crippen LogP contribution in [0.25, 0.3) is 0 Å². The predicted octanol–water partition coefficient (Wildman–Crippen LogP) is 4.58. The molecule has 0 saturated carbocycles. The number of phenolic OH excluding ortho intramolecular Hbond substituents is 1. The van der Waals surface area contributed by atoms with Gasteiger partial charge in [0.1, 0.15) is 11.9 Å².